The molecule has 2 aromatic rings. The van der Waals surface area contributed by atoms with Crippen LogP contribution in [0.3, 0.4) is 0 Å². The largest absolute Gasteiger partial charge is 0.481 e. The molecule has 26 heavy (non-hydrogen) atoms. The van der Waals surface area contributed by atoms with Gasteiger partial charge in [0, 0.05) is 37.0 Å². The lowest BCUT2D eigenvalue weighted by molar-refractivity contribution is -0.134. The van der Waals surface area contributed by atoms with E-state index < -0.39 is 11.9 Å². The maximum atomic E-state index is 11.7. The third kappa shape index (κ3) is 4.66. The van der Waals surface area contributed by atoms with Crippen molar-refractivity contribution in [2.75, 3.05) is 20.6 Å². The second kappa shape index (κ2) is 8.57. The Bertz CT molecular complexity index is 794. The first-order valence-electron chi connectivity index (χ1n) is 8.41. The van der Waals surface area contributed by atoms with E-state index in [2.05, 4.69) is 15.0 Å². The van der Waals surface area contributed by atoms with Gasteiger partial charge < -0.3 is 15.1 Å². The minimum atomic E-state index is -0.892. The Morgan fingerprint density at radius 1 is 1.27 bits per heavy atom. The number of fused-ring (bicyclic) bond motifs is 3. The van der Waals surface area contributed by atoms with Crippen LogP contribution in [-0.2, 0) is 24.2 Å². The number of aromatic carboxylic acids is 1. The molecule has 2 heterocycles. The lowest BCUT2D eigenvalue weighted by Crippen LogP contribution is -2.18. The number of aryl methyl sites for hydroxylation is 2. The monoisotopic (exact) mass is 360 g/mol. The van der Waals surface area contributed by atoms with E-state index in [9.17, 15) is 9.90 Å². The number of carbonyl (C=O) groups is 2. The first-order valence-corrected chi connectivity index (χ1v) is 8.41. The molecular weight excluding hydrogens is 336 g/mol. The Kier molecular flexibility index (Phi) is 6.46. The van der Waals surface area contributed by atoms with Crippen molar-refractivity contribution in [1.29, 1.82) is 0 Å². The molecule has 0 spiro atoms. The van der Waals surface area contributed by atoms with Crippen molar-refractivity contribution in [3.05, 3.63) is 35.3 Å². The van der Waals surface area contributed by atoms with E-state index in [0.29, 0.717) is 18.7 Å². The lowest BCUT2D eigenvalue weighted by Gasteiger charge is -2.14. The van der Waals surface area contributed by atoms with Gasteiger partial charge in [0.15, 0.2) is 0 Å². The number of nitrogens with zero attached hydrogens (tertiary/aromatic N) is 4. The number of carboxylic acids is 2. The molecule has 140 valence electrons. The van der Waals surface area contributed by atoms with E-state index in [0.717, 1.165) is 48.7 Å². The Labute approximate surface area is 152 Å². The Hall–Kier alpha value is -2.74. The highest BCUT2D eigenvalue weighted by Crippen LogP contribution is 2.34. The maximum Gasteiger partial charge on any atom is 0.354 e. The normalized spacial score (nSPS) is 12.0. The van der Waals surface area contributed by atoms with E-state index in [-0.39, 0.29) is 0 Å². The minimum Gasteiger partial charge on any atom is -0.481 e. The summed E-state index contributed by atoms with van der Waals surface area (Å²) < 4.78 is 1.66. The second-order valence-electron chi connectivity index (χ2n) is 6.41. The molecule has 0 bridgehead atoms. The van der Waals surface area contributed by atoms with E-state index in [1.807, 2.05) is 26.4 Å². The topological polar surface area (TPSA) is 109 Å². The van der Waals surface area contributed by atoms with Crippen LogP contribution in [0.1, 0.15) is 35.0 Å². The van der Waals surface area contributed by atoms with Crippen molar-refractivity contribution >= 4 is 11.9 Å². The van der Waals surface area contributed by atoms with Gasteiger partial charge in [0.05, 0.1) is 5.69 Å². The van der Waals surface area contributed by atoms with Crippen molar-refractivity contribution in [3.8, 4) is 11.3 Å². The van der Waals surface area contributed by atoms with Crippen molar-refractivity contribution < 1.29 is 19.8 Å². The number of hydrogen-bond acceptors (Lipinski definition) is 5. The summed E-state index contributed by atoms with van der Waals surface area (Å²) in [6.45, 7) is 2.61. The zero-order valence-electron chi connectivity index (χ0n) is 15.3. The zero-order chi connectivity index (χ0) is 19.3. The Balaban J connectivity index is 0.000000552. The number of hydrogen-bond donors (Lipinski definition) is 2. The van der Waals surface area contributed by atoms with Gasteiger partial charge in [0.1, 0.15) is 5.69 Å². The fraction of sp³-hybridized carbons (Fsp3) is 0.444. The average Bonchev–Trinajstić information content (AvgIpc) is 2.93. The van der Waals surface area contributed by atoms with Crippen LogP contribution < -0.4 is 0 Å². The van der Waals surface area contributed by atoms with Crippen LogP contribution in [0, 0.1) is 0 Å². The summed E-state index contributed by atoms with van der Waals surface area (Å²) in [5.41, 5.74) is 4.17. The molecule has 0 unspecified atom stereocenters. The van der Waals surface area contributed by atoms with E-state index >= 15 is 0 Å². The van der Waals surface area contributed by atoms with Gasteiger partial charge in [-0.15, -0.1) is 0 Å². The highest BCUT2D eigenvalue weighted by atomic mass is 16.4. The van der Waals surface area contributed by atoms with Crippen LogP contribution >= 0.6 is 0 Å². The third-order valence-corrected chi connectivity index (χ3v) is 4.03. The average molecular weight is 360 g/mol. The summed E-state index contributed by atoms with van der Waals surface area (Å²) >= 11 is 0. The Morgan fingerprint density at radius 3 is 2.58 bits per heavy atom. The van der Waals surface area contributed by atoms with Crippen molar-refractivity contribution in [3.63, 3.8) is 0 Å². The second-order valence-corrected chi connectivity index (χ2v) is 6.41. The molecule has 2 aromatic heterocycles. The van der Waals surface area contributed by atoms with Gasteiger partial charge in [-0.2, -0.15) is 5.10 Å². The molecule has 0 aliphatic heterocycles. The van der Waals surface area contributed by atoms with Gasteiger partial charge in [0.25, 0.3) is 5.97 Å². The minimum absolute atomic E-state index is 0.344. The molecule has 1 aliphatic rings. The highest BCUT2D eigenvalue weighted by molar-refractivity contribution is 5.90. The molecule has 1 aliphatic carbocycles. The van der Waals surface area contributed by atoms with Crippen LogP contribution in [0.5, 0.6) is 0 Å². The molecule has 0 saturated heterocycles. The summed E-state index contributed by atoms with van der Waals surface area (Å²) in [6, 6.07) is 1.93. The number of aliphatic carboxylic acids is 1. The van der Waals surface area contributed by atoms with Gasteiger partial charge in [-0.05, 0) is 51.5 Å². The van der Waals surface area contributed by atoms with Crippen molar-refractivity contribution in [2.24, 2.45) is 0 Å². The quantitative estimate of drug-likeness (QED) is 0.836. The van der Waals surface area contributed by atoms with Gasteiger partial charge in [0.2, 0.25) is 0 Å². The fourth-order valence-electron chi connectivity index (χ4n) is 3.01. The van der Waals surface area contributed by atoms with Crippen molar-refractivity contribution in [1.82, 2.24) is 19.7 Å². The molecule has 3 rings (SSSR count). The molecular formula is C18H24N4O4. The molecule has 2 N–H and O–H groups in total. The number of aromatic nitrogens is 3. The van der Waals surface area contributed by atoms with E-state index in [1.165, 1.54) is 0 Å². The van der Waals surface area contributed by atoms with Crippen LogP contribution in [0.15, 0.2) is 18.5 Å². The molecule has 0 aromatic carbocycles. The molecule has 8 nitrogen and oxygen atoms in total. The molecule has 0 radical (unpaired) electrons. The van der Waals surface area contributed by atoms with Gasteiger partial charge >= 0.3 is 5.97 Å². The van der Waals surface area contributed by atoms with Crippen LogP contribution in [0.4, 0.5) is 0 Å². The Morgan fingerprint density at radius 2 is 1.96 bits per heavy atom. The van der Waals surface area contributed by atoms with Crippen LogP contribution in [0.2, 0.25) is 0 Å². The maximum absolute atomic E-state index is 11.7. The molecule has 0 amide bonds. The van der Waals surface area contributed by atoms with Gasteiger partial charge in [-0.1, -0.05) is 0 Å². The van der Waals surface area contributed by atoms with Gasteiger partial charge in [-0.25, -0.2) is 4.79 Å². The smallest absolute Gasteiger partial charge is 0.354 e. The number of carboxylic acid groups (broad SMARTS) is 2. The van der Waals surface area contributed by atoms with Gasteiger partial charge in [-0.3, -0.25) is 14.5 Å². The van der Waals surface area contributed by atoms with Crippen LogP contribution in [-0.4, -0.2) is 62.5 Å². The summed E-state index contributed by atoms with van der Waals surface area (Å²) in [7, 11) is 4.02. The SMILES string of the molecule is CC(=O)O.CN(C)CCCn1nc2c(c1C(=O)O)CCc1cnccc1-2. The standard InChI is InChI=1S/C16H20N4O2.C2H4O2/c1-19(2)8-3-9-20-15(16(21)22)13-5-4-11-10-17-7-6-12(11)14(13)18-20;1-2(3)4/h6-7,10H,3-5,8-9H2,1-2H3,(H,21,22);1H3,(H,3,4). The summed E-state index contributed by atoms with van der Waals surface area (Å²) in [5, 5.41) is 21.6. The lowest BCUT2D eigenvalue weighted by atomic mass is 9.90. The summed E-state index contributed by atoms with van der Waals surface area (Å²) in [5.74, 6) is -1.73. The third-order valence-electron chi connectivity index (χ3n) is 4.03. The first kappa shape index (κ1) is 19.6. The summed E-state index contributed by atoms with van der Waals surface area (Å²) in [4.78, 5) is 26.9. The van der Waals surface area contributed by atoms with Crippen LogP contribution in [0.25, 0.3) is 11.3 Å². The van der Waals surface area contributed by atoms with E-state index in [4.69, 9.17) is 9.90 Å². The summed E-state index contributed by atoms with van der Waals surface area (Å²) in [6.07, 6.45) is 5.99. The number of rotatable bonds is 5. The molecule has 8 heteroatoms. The molecule has 0 fully saturated rings. The first-order chi connectivity index (χ1) is 12.3. The predicted molar refractivity (Wildman–Crippen MR) is 96.3 cm³/mol. The van der Waals surface area contributed by atoms with E-state index in [1.54, 1.807) is 10.9 Å². The molecule has 0 atom stereocenters. The van der Waals surface area contributed by atoms with Crippen molar-refractivity contribution in [2.45, 2.75) is 32.7 Å². The zero-order valence-corrected chi connectivity index (χ0v) is 15.3. The predicted octanol–water partition coefficient (Wildman–Crippen LogP) is 1.78. The fourth-order valence-corrected chi connectivity index (χ4v) is 3.01. The highest BCUT2D eigenvalue weighted by Gasteiger charge is 2.27. The number of pyridine rings is 1. The molecule has 0 saturated carbocycles.